The fraction of sp³-hybridized carbons (Fsp3) is 0.467. The van der Waals surface area contributed by atoms with Crippen molar-refractivity contribution >= 4 is 11.8 Å². The average molecular weight is 291 g/mol. The lowest BCUT2D eigenvalue weighted by Gasteiger charge is -2.19. The van der Waals surface area contributed by atoms with Gasteiger partial charge >= 0.3 is 0 Å². The molecule has 2 amide bonds. The Balaban J connectivity index is 2.12. The zero-order valence-electron chi connectivity index (χ0n) is 12.6. The minimum Gasteiger partial charge on any atom is -0.496 e. The zero-order valence-corrected chi connectivity index (χ0v) is 12.6. The third-order valence-electron chi connectivity index (χ3n) is 3.75. The molecule has 1 fully saturated rings. The van der Waals surface area contributed by atoms with Crippen molar-refractivity contribution in [3.8, 4) is 5.75 Å². The van der Waals surface area contributed by atoms with Crippen molar-refractivity contribution in [3.63, 3.8) is 0 Å². The maximum absolute atomic E-state index is 12.4. The summed E-state index contributed by atoms with van der Waals surface area (Å²) in [5.74, 6) is 0.0165. The van der Waals surface area contributed by atoms with Gasteiger partial charge in [-0.15, -0.1) is 0 Å². The van der Waals surface area contributed by atoms with Crippen molar-refractivity contribution in [1.29, 1.82) is 0 Å². The Hall–Kier alpha value is -2.08. The van der Waals surface area contributed by atoms with Gasteiger partial charge in [0.15, 0.2) is 0 Å². The Bertz CT molecular complexity index is 533. The van der Waals surface area contributed by atoms with Gasteiger partial charge < -0.3 is 20.3 Å². The monoisotopic (exact) mass is 291 g/mol. The summed E-state index contributed by atoms with van der Waals surface area (Å²) < 4.78 is 5.20. The van der Waals surface area contributed by atoms with E-state index in [1.165, 1.54) is 7.11 Å². The van der Waals surface area contributed by atoms with Crippen molar-refractivity contribution in [1.82, 2.24) is 15.5 Å². The van der Waals surface area contributed by atoms with Gasteiger partial charge in [0, 0.05) is 20.1 Å². The van der Waals surface area contributed by atoms with Crippen LogP contribution in [0.5, 0.6) is 5.75 Å². The number of ether oxygens (including phenoxy) is 1. The van der Waals surface area contributed by atoms with Crippen LogP contribution in [-0.4, -0.2) is 57.1 Å². The predicted octanol–water partition coefficient (Wildman–Crippen LogP) is 0.101. The van der Waals surface area contributed by atoms with Crippen LogP contribution >= 0.6 is 0 Å². The number of likely N-dealkylation sites (tertiary alicyclic amines) is 1. The summed E-state index contributed by atoms with van der Waals surface area (Å²) in [4.78, 5) is 26.3. The summed E-state index contributed by atoms with van der Waals surface area (Å²) in [5, 5.41) is 5.60. The average Bonchev–Trinajstić information content (AvgIpc) is 2.86. The summed E-state index contributed by atoms with van der Waals surface area (Å²) >= 11 is 0. The highest BCUT2D eigenvalue weighted by atomic mass is 16.5. The molecular formula is C15H21N3O3. The Morgan fingerprint density at radius 1 is 1.29 bits per heavy atom. The van der Waals surface area contributed by atoms with Gasteiger partial charge in [0.25, 0.3) is 5.91 Å². The van der Waals surface area contributed by atoms with Crippen LogP contribution < -0.4 is 15.4 Å². The Morgan fingerprint density at radius 2 is 2.00 bits per heavy atom. The molecule has 114 valence electrons. The molecular weight excluding hydrogens is 270 g/mol. The number of nitrogens with zero attached hydrogens (tertiary/aromatic N) is 1. The van der Waals surface area contributed by atoms with Crippen molar-refractivity contribution in [2.45, 2.75) is 6.04 Å². The maximum Gasteiger partial charge on any atom is 0.255 e. The molecule has 0 aromatic heterocycles. The molecule has 1 aromatic carbocycles. The topological polar surface area (TPSA) is 70.7 Å². The molecule has 0 saturated carbocycles. The first-order valence-corrected chi connectivity index (χ1v) is 6.90. The maximum atomic E-state index is 12.4. The number of hydrogen-bond donors (Lipinski definition) is 2. The molecule has 1 heterocycles. The van der Waals surface area contributed by atoms with E-state index in [0.717, 1.165) is 0 Å². The fourth-order valence-corrected chi connectivity index (χ4v) is 2.68. The molecule has 0 spiro atoms. The minimum absolute atomic E-state index is 0.0512. The van der Waals surface area contributed by atoms with E-state index in [9.17, 15) is 9.59 Å². The van der Waals surface area contributed by atoms with E-state index >= 15 is 0 Å². The van der Waals surface area contributed by atoms with E-state index in [2.05, 4.69) is 10.6 Å². The Labute approximate surface area is 124 Å². The first kappa shape index (κ1) is 15.3. The zero-order chi connectivity index (χ0) is 15.4. The number of likely N-dealkylation sites (N-methyl/N-ethyl adjacent to an activating group) is 1. The standard InChI is InChI=1S/C15H21N3O3/c1-16-14(19)11-8-18(2)9-12(11)17-15(20)10-6-4-5-7-13(10)21-3/h4-7,11-12H,8-9H2,1-3H3,(H,16,19)(H,17,20)/t11-,12-/m0/s1. The van der Waals surface area contributed by atoms with Gasteiger partial charge in [-0.1, -0.05) is 12.1 Å². The molecule has 2 N–H and O–H groups in total. The Kier molecular flexibility index (Phi) is 4.80. The van der Waals surface area contributed by atoms with E-state index in [1.807, 2.05) is 18.0 Å². The van der Waals surface area contributed by atoms with Gasteiger partial charge in [0.1, 0.15) is 5.75 Å². The van der Waals surface area contributed by atoms with Crippen molar-refractivity contribution < 1.29 is 14.3 Å². The summed E-state index contributed by atoms with van der Waals surface area (Å²) in [5.41, 5.74) is 0.477. The predicted molar refractivity (Wildman–Crippen MR) is 79.3 cm³/mol. The minimum atomic E-state index is -0.237. The van der Waals surface area contributed by atoms with Crippen LogP contribution in [0.3, 0.4) is 0 Å². The molecule has 21 heavy (non-hydrogen) atoms. The van der Waals surface area contributed by atoms with Crippen LogP contribution in [0.4, 0.5) is 0 Å². The van der Waals surface area contributed by atoms with Crippen LogP contribution in [0.2, 0.25) is 0 Å². The summed E-state index contributed by atoms with van der Waals surface area (Å²) in [6.45, 7) is 1.29. The van der Waals surface area contributed by atoms with Crippen LogP contribution in [0, 0.1) is 5.92 Å². The second-order valence-corrected chi connectivity index (χ2v) is 5.22. The highest BCUT2D eigenvalue weighted by molar-refractivity contribution is 5.97. The SMILES string of the molecule is CNC(=O)[C@H]1CN(C)C[C@@H]1NC(=O)c1ccccc1OC. The van der Waals surface area contributed by atoms with Gasteiger partial charge in [-0.25, -0.2) is 0 Å². The molecule has 2 rings (SSSR count). The summed E-state index contributed by atoms with van der Waals surface area (Å²) in [6.07, 6.45) is 0. The number of benzene rings is 1. The van der Waals surface area contributed by atoms with E-state index in [4.69, 9.17) is 4.74 Å². The number of nitrogens with one attached hydrogen (secondary N) is 2. The smallest absolute Gasteiger partial charge is 0.255 e. The van der Waals surface area contributed by atoms with Crippen molar-refractivity contribution in [3.05, 3.63) is 29.8 Å². The third kappa shape index (κ3) is 3.33. The number of para-hydroxylation sites is 1. The number of amides is 2. The third-order valence-corrected chi connectivity index (χ3v) is 3.75. The highest BCUT2D eigenvalue weighted by Gasteiger charge is 2.36. The van der Waals surface area contributed by atoms with E-state index in [0.29, 0.717) is 24.4 Å². The van der Waals surface area contributed by atoms with E-state index in [1.54, 1.807) is 25.2 Å². The van der Waals surface area contributed by atoms with Crippen LogP contribution in [0.25, 0.3) is 0 Å². The van der Waals surface area contributed by atoms with Crippen LogP contribution in [0.15, 0.2) is 24.3 Å². The van der Waals surface area contributed by atoms with Gasteiger partial charge in [0.05, 0.1) is 24.6 Å². The molecule has 1 aliphatic rings. The Morgan fingerprint density at radius 3 is 2.67 bits per heavy atom. The number of rotatable bonds is 4. The van der Waals surface area contributed by atoms with Gasteiger partial charge in [-0.2, -0.15) is 0 Å². The summed E-state index contributed by atoms with van der Waals surface area (Å²) in [6, 6.07) is 6.85. The normalized spacial score (nSPS) is 21.9. The number of methoxy groups -OCH3 is 1. The first-order valence-electron chi connectivity index (χ1n) is 6.90. The largest absolute Gasteiger partial charge is 0.496 e. The van der Waals surface area contributed by atoms with Gasteiger partial charge in [-0.3, -0.25) is 9.59 Å². The van der Waals surface area contributed by atoms with Gasteiger partial charge in [-0.05, 0) is 19.2 Å². The van der Waals surface area contributed by atoms with Crippen LogP contribution in [-0.2, 0) is 4.79 Å². The van der Waals surface area contributed by atoms with E-state index in [-0.39, 0.29) is 23.8 Å². The van der Waals surface area contributed by atoms with Crippen molar-refractivity contribution in [2.24, 2.45) is 5.92 Å². The number of carbonyl (C=O) groups is 2. The lowest BCUT2D eigenvalue weighted by atomic mass is 10.0. The second kappa shape index (κ2) is 6.58. The lowest BCUT2D eigenvalue weighted by Crippen LogP contribution is -2.45. The molecule has 0 unspecified atom stereocenters. The quantitative estimate of drug-likeness (QED) is 0.825. The first-order chi connectivity index (χ1) is 10.1. The number of carbonyl (C=O) groups excluding carboxylic acids is 2. The molecule has 6 heteroatoms. The second-order valence-electron chi connectivity index (χ2n) is 5.22. The molecule has 0 radical (unpaired) electrons. The molecule has 6 nitrogen and oxygen atoms in total. The number of hydrogen-bond acceptors (Lipinski definition) is 4. The molecule has 2 atom stereocenters. The molecule has 1 aromatic rings. The molecule has 0 bridgehead atoms. The highest BCUT2D eigenvalue weighted by Crippen LogP contribution is 2.20. The molecule has 1 aliphatic heterocycles. The van der Waals surface area contributed by atoms with E-state index < -0.39 is 0 Å². The van der Waals surface area contributed by atoms with Crippen molar-refractivity contribution in [2.75, 3.05) is 34.3 Å². The molecule has 1 saturated heterocycles. The summed E-state index contributed by atoms with van der Waals surface area (Å²) in [7, 11) is 5.08. The van der Waals surface area contributed by atoms with Gasteiger partial charge in [0.2, 0.25) is 5.91 Å². The van der Waals surface area contributed by atoms with Crippen LogP contribution in [0.1, 0.15) is 10.4 Å². The fourth-order valence-electron chi connectivity index (χ4n) is 2.68. The molecule has 0 aliphatic carbocycles. The lowest BCUT2D eigenvalue weighted by molar-refractivity contribution is -0.124.